The normalized spacial score (nSPS) is 17.5. The van der Waals surface area contributed by atoms with Gasteiger partial charge in [0.1, 0.15) is 0 Å². The van der Waals surface area contributed by atoms with Crippen LogP contribution in [0.3, 0.4) is 0 Å². The van der Waals surface area contributed by atoms with E-state index in [1.807, 2.05) is 20.8 Å². The van der Waals surface area contributed by atoms with E-state index in [0.717, 1.165) is 0 Å². The lowest BCUT2D eigenvalue weighted by Gasteiger charge is -2.31. The number of alkyl halides is 3. The maximum absolute atomic E-state index is 12.7. The van der Waals surface area contributed by atoms with Gasteiger partial charge in [-0.2, -0.15) is 13.2 Å². The predicted octanol–water partition coefficient (Wildman–Crippen LogP) is 2.58. The lowest BCUT2D eigenvalue weighted by atomic mass is 9.80. The number of nitrogens with one attached hydrogen (secondary N) is 1. The van der Waals surface area contributed by atoms with E-state index in [0.29, 0.717) is 6.92 Å². The molecule has 112 valence electrons. The summed E-state index contributed by atoms with van der Waals surface area (Å²) in [5.74, 6) is -3.24. The maximum Gasteiger partial charge on any atom is 0.422 e. The van der Waals surface area contributed by atoms with Crippen molar-refractivity contribution < 1.29 is 27.9 Å². The molecule has 2 N–H and O–H groups in total. The van der Waals surface area contributed by atoms with E-state index in [2.05, 4.69) is 0 Å². The Bertz CT molecular complexity index is 360. The van der Waals surface area contributed by atoms with Crippen LogP contribution in [0.1, 0.15) is 41.0 Å². The Balaban J connectivity index is 4.92. The van der Waals surface area contributed by atoms with Gasteiger partial charge in [-0.1, -0.05) is 27.7 Å². The highest BCUT2D eigenvalue weighted by atomic mass is 19.4. The predicted molar refractivity (Wildman–Crippen MR) is 63.5 cm³/mol. The Morgan fingerprint density at radius 3 is 1.84 bits per heavy atom. The fourth-order valence-corrected chi connectivity index (χ4v) is 1.16. The van der Waals surface area contributed by atoms with Crippen molar-refractivity contribution in [2.45, 2.75) is 52.8 Å². The highest BCUT2D eigenvalue weighted by Gasteiger charge is 2.58. The second kappa shape index (κ2) is 5.38. The minimum atomic E-state index is -5.06. The number of carbonyl (C=O) groups is 2. The molecule has 0 saturated heterocycles. The molecule has 0 fully saturated rings. The van der Waals surface area contributed by atoms with Crippen molar-refractivity contribution in [2.75, 3.05) is 0 Å². The van der Waals surface area contributed by atoms with Crippen LogP contribution in [0.5, 0.6) is 0 Å². The number of hydrogen-bond acceptors (Lipinski definition) is 2. The van der Waals surface area contributed by atoms with Crippen LogP contribution in [0.15, 0.2) is 0 Å². The zero-order valence-electron chi connectivity index (χ0n) is 11.7. The van der Waals surface area contributed by atoms with Gasteiger partial charge < -0.3 is 10.4 Å². The third kappa shape index (κ3) is 4.40. The van der Waals surface area contributed by atoms with Crippen LogP contribution in [0.4, 0.5) is 13.2 Å². The summed E-state index contributed by atoms with van der Waals surface area (Å²) in [6.07, 6.45) is -5.22. The highest BCUT2D eigenvalue weighted by Crippen LogP contribution is 2.32. The Morgan fingerprint density at radius 1 is 1.16 bits per heavy atom. The molecule has 0 heterocycles. The number of rotatable bonds is 4. The molecule has 0 aliphatic heterocycles. The average molecular weight is 283 g/mol. The molecular weight excluding hydrogens is 263 g/mol. The second-order valence-corrected chi connectivity index (χ2v) is 5.95. The van der Waals surface area contributed by atoms with Crippen molar-refractivity contribution in [2.24, 2.45) is 11.3 Å². The third-order valence-corrected chi connectivity index (χ3v) is 3.35. The van der Waals surface area contributed by atoms with Crippen molar-refractivity contribution in [1.29, 1.82) is 0 Å². The van der Waals surface area contributed by atoms with E-state index >= 15 is 0 Å². The molecule has 7 heteroatoms. The number of carboxylic acid groups (broad SMARTS) is 1. The fraction of sp³-hybridized carbons (Fsp3) is 0.833. The molecule has 19 heavy (non-hydrogen) atoms. The first-order chi connectivity index (χ1) is 8.22. The molecule has 2 unspecified atom stereocenters. The minimum absolute atomic E-state index is 0.164. The van der Waals surface area contributed by atoms with Crippen LogP contribution in [0.2, 0.25) is 0 Å². The van der Waals surface area contributed by atoms with Crippen molar-refractivity contribution in [3.8, 4) is 0 Å². The number of halogens is 3. The van der Waals surface area contributed by atoms with Gasteiger partial charge in [-0.25, -0.2) is 4.79 Å². The van der Waals surface area contributed by atoms with Crippen LogP contribution < -0.4 is 5.32 Å². The summed E-state index contributed by atoms with van der Waals surface area (Å²) in [5.41, 5.74) is -3.52. The molecular formula is C12H20F3NO3. The molecule has 0 aliphatic carbocycles. The molecule has 0 aliphatic rings. The van der Waals surface area contributed by atoms with Gasteiger partial charge >= 0.3 is 12.1 Å². The van der Waals surface area contributed by atoms with Gasteiger partial charge in [0.25, 0.3) is 0 Å². The molecule has 0 rings (SSSR count). The summed E-state index contributed by atoms with van der Waals surface area (Å²) in [5, 5.41) is 10.2. The summed E-state index contributed by atoms with van der Waals surface area (Å²) >= 11 is 0. The van der Waals surface area contributed by atoms with Gasteiger partial charge in [-0.3, -0.25) is 4.79 Å². The summed E-state index contributed by atoms with van der Waals surface area (Å²) in [6.45, 7) is 7.72. The first-order valence-electron chi connectivity index (χ1n) is 5.83. The van der Waals surface area contributed by atoms with Crippen molar-refractivity contribution >= 4 is 11.9 Å². The number of aliphatic carboxylic acids is 1. The Hall–Kier alpha value is -1.27. The van der Waals surface area contributed by atoms with Gasteiger partial charge in [0.05, 0.1) is 0 Å². The quantitative estimate of drug-likeness (QED) is 0.833. The highest BCUT2D eigenvalue weighted by molar-refractivity contribution is 5.87. The Labute approximate surface area is 110 Å². The standard InChI is InChI=1S/C12H20F3NO3/c1-7(10(2,3)4)6-8(17)16-11(5,9(18)19)12(13,14)15/h7H,6H2,1-5H3,(H,16,17)(H,18,19). The average Bonchev–Trinajstić information content (AvgIpc) is 2.13. The number of carboxylic acids is 1. The van der Waals surface area contributed by atoms with Gasteiger partial charge in [0.15, 0.2) is 0 Å². The SMILES string of the molecule is CC(CC(=O)NC(C)(C(=O)O)C(F)(F)F)C(C)(C)C. The molecule has 0 spiro atoms. The zero-order valence-corrected chi connectivity index (χ0v) is 11.7. The molecule has 0 saturated carbocycles. The zero-order chi connectivity index (χ0) is 15.6. The summed E-state index contributed by atoms with van der Waals surface area (Å²) in [4.78, 5) is 22.3. The molecule has 4 nitrogen and oxygen atoms in total. The van der Waals surface area contributed by atoms with Gasteiger partial charge in [-0.05, 0) is 18.3 Å². The summed E-state index contributed by atoms with van der Waals surface area (Å²) in [7, 11) is 0. The van der Waals surface area contributed by atoms with E-state index < -0.39 is 23.6 Å². The van der Waals surface area contributed by atoms with Crippen molar-refractivity contribution in [1.82, 2.24) is 5.32 Å². The molecule has 0 aromatic carbocycles. The van der Waals surface area contributed by atoms with E-state index in [-0.39, 0.29) is 17.8 Å². The fourth-order valence-electron chi connectivity index (χ4n) is 1.16. The monoisotopic (exact) mass is 283 g/mol. The van der Waals surface area contributed by atoms with Gasteiger partial charge in [-0.15, -0.1) is 0 Å². The van der Waals surface area contributed by atoms with Crippen molar-refractivity contribution in [3.05, 3.63) is 0 Å². The summed E-state index contributed by atoms with van der Waals surface area (Å²) < 4.78 is 38.1. The topological polar surface area (TPSA) is 66.4 Å². The Morgan fingerprint density at radius 2 is 1.58 bits per heavy atom. The third-order valence-electron chi connectivity index (χ3n) is 3.35. The minimum Gasteiger partial charge on any atom is -0.479 e. The Kier molecular flexibility index (Phi) is 5.02. The van der Waals surface area contributed by atoms with Gasteiger partial charge in [0, 0.05) is 6.42 Å². The molecule has 0 aromatic heterocycles. The van der Waals surface area contributed by atoms with Crippen LogP contribution in [0, 0.1) is 11.3 Å². The smallest absolute Gasteiger partial charge is 0.422 e. The largest absolute Gasteiger partial charge is 0.479 e. The number of amides is 1. The second-order valence-electron chi connectivity index (χ2n) is 5.95. The maximum atomic E-state index is 12.7. The van der Waals surface area contributed by atoms with Crippen LogP contribution in [-0.4, -0.2) is 28.7 Å². The molecule has 0 aromatic rings. The van der Waals surface area contributed by atoms with Crippen LogP contribution in [0.25, 0.3) is 0 Å². The van der Waals surface area contributed by atoms with E-state index in [9.17, 15) is 22.8 Å². The van der Waals surface area contributed by atoms with Crippen LogP contribution in [-0.2, 0) is 9.59 Å². The van der Waals surface area contributed by atoms with Crippen molar-refractivity contribution in [3.63, 3.8) is 0 Å². The number of carbonyl (C=O) groups excluding carboxylic acids is 1. The number of hydrogen-bond donors (Lipinski definition) is 2. The molecule has 1 amide bonds. The first-order valence-corrected chi connectivity index (χ1v) is 5.83. The lowest BCUT2D eigenvalue weighted by molar-refractivity contribution is -0.207. The molecule has 0 bridgehead atoms. The lowest BCUT2D eigenvalue weighted by Crippen LogP contribution is -2.62. The molecule has 0 radical (unpaired) electrons. The first kappa shape index (κ1) is 17.7. The van der Waals surface area contributed by atoms with E-state index in [4.69, 9.17) is 5.11 Å². The van der Waals surface area contributed by atoms with Crippen LogP contribution >= 0.6 is 0 Å². The van der Waals surface area contributed by atoms with E-state index in [1.54, 1.807) is 12.2 Å². The molecule has 2 atom stereocenters. The van der Waals surface area contributed by atoms with Gasteiger partial charge in [0.2, 0.25) is 11.4 Å². The summed E-state index contributed by atoms with van der Waals surface area (Å²) in [6, 6.07) is 0. The van der Waals surface area contributed by atoms with E-state index in [1.165, 1.54) is 0 Å².